The number of aromatic amines is 1. The molecular formula is C16H19N3O. The van der Waals surface area contributed by atoms with Gasteiger partial charge in [0.05, 0.1) is 11.3 Å². The van der Waals surface area contributed by atoms with Gasteiger partial charge in [-0.1, -0.05) is 24.3 Å². The number of H-pyrrole nitrogens is 1. The van der Waals surface area contributed by atoms with Crippen LogP contribution in [0.5, 0.6) is 0 Å². The van der Waals surface area contributed by atoms with E-state index in [1.54, 1.807) is 0 Å². The van der Waals surface area contributed by atoms with Gasteiger partial charge in [0, 0.05) is 11.7 Å². The van der Waals surface area contributed by atoms with Crippen molar-refractivity contribution in [3.8, 4) is 0 Å². The van der Waals surface area contributed by atoms with E-state index in [4.69, 9.17) is 0 Å². The molecular weight excluding hydrogens is 250 g/mol. The van der Waals surface area contributed by atoms with Crippen molar-refractivity contribution < 1.29 is 4.79 Å². The van der Waals surface area contributed by atoms with Crippen LogP contribution in [0.4, 0.5) is 0 Å². The van der Waals surface area contributed by atoms with Crippen LogP contribution in [0.15, 0.2) is 24.3 Å². The van der Waals surface area contributed by atoms with Gasteiger partial charge in [0.1, 0.15) is 0 Å². The Hall–Kier alpha value is -2.10. The molecule has 4 nitrogen and oxygen atoms in total. The van der Waals surface area contributed by atoms with E-state index < -0.39 is 0 Å². The SMILES string of the molecule is Cc1n[nH]c(C)c1C(=O)NC1CCc2ccccc2C1. The number of fused-ring (bicyclic) bond motifs is 1. The number of hydrogen-bond donors (Lipinski definition) is 2. The highest BCUT2D eigenvalue weighted by Crippen LogP contribution is 2.21. The average Bonchev–Trinajstić information content (AvgIpc) is 2.78. The van der Waals surface area contributed by atoms with Crippen LogP contribution in [0.1, 0.15) is 39.3 Å². The van der Waals surface area contributed by atoms with Gasteiger partial charge in [0.2, 0.25) is 0 Å². The maximum Gasteiger partial charge on any atom is 0.255 e. The summed E-state index contributed by atoms with van der Waals surface area (Å²) in [5.41, 5.74) is 5.04. The lowest BCUT2D eigenvalue weighted by molar-refractivity contribution is 0.0932. The van der Waals surface area contributed by atoms with Crippen molar-refractivity contribution in [2.75, 3.05) is 0 Å². The van der Waals surface area contributed by atoms with E-state index in [2.05, 4.69) is 39.8 Å². The third-order valence-electron chi connectivity index (χ3n) is 4.04. The van der Waals surface area contributed by atoms with Crippen molar-refractivity contribution in [3.63, 3.8) is 0 Å². The second kappa shape index (κ2) is 5.12. The minimum Gasteiger partial charge on any atom is -0.349 e. The topological polar surface area (TPSA) is 57.8 Å². The molecule has 1 aliphatic carbocycles. The first-order valence-corrected chi connectivity index (χ1v) is 7.04. The van der Waals surface area contributed by atoms with E-state index >= 15 is 0 Å². The molecule has 4 heteroatoms. The Kier molecular flexibility index (Phi) is 3.30. The second-order valence-corrected chi connectivity index (χ2v) is 5.49. The molecule has 0 aliphatic heterocycles. The fraction of sp³-hybridized carbons (Fsp3) is 0.375. The molecule has 1 heterocycles. The third-order valence-corrected chi connectivity index (χ3v) is 4.04. The monoisotopic (exact) mass is 269 g/mol. The zero-order valence-corrected chi connectivity index (χ0v) is 11.9. The minimum absolute atomic E-state index is 0.0156. The van der Waals surface area contributed by atoms with Gasteiger partial charge in [-0.3, -0.25) is 9.89 Å². The van der Waals surface area contributed by atoms with Gasteiger partial charge in [-0.15, -0.1) is 0 Å². The number of nitrogens with zero attached hydrogens (tertiary/aromatic N) is 1. The zero-order chi connectivity index (χ0) is 14.1. The quantitative estimate of drug-likeness (QED) is 0.879. The van der Waals surface area contributed by atoms with Gasteiger partial charge in [-0.05, 0) is 44.2 Å². The smallest absolute Gasteiger partial charge is 0.255 e. The Morgan fingerprint density at radius 3 is 2.75 bits per heavy atom. The normalized spacial score (nSPS) is 17.6. The van der Waals surface area contributed by atoms with Crippen LogP contribution in [0.3, 0.4) is 0 Å². The Bertz CT molecular complexity index is 625. The van der Waals surface area contributed by atoms with Crippen molar-refractivity contribution in [3.05, 3.63) is 52.3 Å². The number of nitrogens with one attached hydrogen (secondary N) is 2. The number of rotatable bonds is 2. The van der Waals surface area contributed by atoms with Crippen LogP contribution in [0.25, 0.3) is 0 Å². The van der Waals surface area contributed by atoms with Crippen molar-refractivity contribution in [1.82, 2.24) is 15.5 Å². The van der Waals surface area contributed by atoms with Crippen LogP contribution in [0, 0.1) is 13.8 Å². The summed E-state index contributed by atoms with van der Waals surface area (Å²) in [4.78, 5) is 12.4. The molecule has 0 saturated heterocycles. The highest BCUT2D eigenvalue weighted by Gasteiger charge is 2.22. The summed E-state index contributed by atoms with van der Waals surface area (Å²) >= 11 is 0. The van der Waals surface area contributed by atoms with E-state index in [-0.39, 0.29) is 11.9 Å². The van der Waals surface area contributed by atoms with Gasteiger partial charge in [-0.25, -0.2) is 0 Å². The molecule has 1 aliphatic rings. The summed E-state index contributed by atoms with van der Waals surface area (Å²) in [5.74, 6) is -0.0156. The number of aryl methyl sites for hydroxylation is 3. The summed E-state index contributed by atoms with van der Waals surface area (Å²) in [7, 11) is 0. The van der Waals surface area contributed by atoms with Gasteiger partial charge < -0.3 is 5.32 Å². The molecule has 0 saturated carbocycles. The van der Waals surface area contributed by atoms with E-state index in [9.17, 15) is 4.79 Å². The fourth-order valence-electron chi connectivity index (χ4n) is 2.96. The molecule has 1 atom stereocenters. The minimum atomic E-state index is -0.0156. The van der Waals surface area contributed by atoms with Crippen LogP contribution in [-0.4, -0.2) is 22.1 Å². The van der Waals surface area contributed by atoms with Crippen molar-refractivity contribution in [1.29, 1.82) is 0 Å². The number of carbonyl (C=O) groups is 1. The molecule has 1 aromatic carbocycles. The molecule has 1 unspecified atom stereocenters. The number of hydrogen-bond acceptors (Lipinski definition) is 2. The number of amides is 1. The molecule has 3 rings (SSSR count). The largest absolute Gasteiger partial charge is 0.349 e. The Morgan fingerprint density at radius 1 is 1.30 bits per heavy atom. The summed E-state index contributed by atoms with van der Waals surface area (Å²) in [6, 6.07) is 8.69. The van der Waals surface area contributed by atoms with Crippen LogP contribution in [-0.2, 0) is 12.8 Å². The number of carbonyl (C=O) groups excluding carboxylic acids is 1. The van der Waals surface area contributed by atoms with E-state index in [1.165, 1.54) is 11.1 Å². The zero-order valence-electron chi connectivity index (χ0n) is 11.9. The Morgan fingerprint density at radius 2 is 2.05 bits per heavy atom. The van der Waals surface area contributed by atoms with Gasteiger partial charge in [0.25, 0.3) is 5.91 Å². The van der Waals surface area contributed by atoms with E-state index in [1.807, 2.05) is 13.8 Å². The second-order valence-electron chi connectivity index (χ2n) is 5.49. The molecule has 0 radical (unpaired) electrons. The molecule has 1 aromatic heterocycles. The Labute approximate surface area is 118 Å². The summed E-state index contributed by atoms with van der Waals surface area (Å²) in [6.07, 6.45) is 2.95. The molecule has 0 spiro atoms. The first-order valence-electron chi connectivity index (χ1n) is 7.04. The van der Waals surface area contributed by atoms with E-state index in [0.29, 0.717) is 5.56 Å². The van der Waals surface area contributed by atoms with Gasteiger partial charge in [0.15, 0.2) is 0 Å². The highest BCUT2D eigenvalue weighted by atomic mass is 16.1. The van der Waals surface area contributed by atoms with Crippen LogP contribution >= 0.6 is 0 Å². The van der Waals surface area contributed by atoms with Crippen molar-refractivity contribution in [2.24, 2.45) is 0 Å². The Balaban J connectivity index is 1.73. The standard InChI is InChI=1S/C16H19N3O/c1-10-15(11(2)19-18-10)16(20)17-14-8-7-12-5-3-4-6-13(12)9-14/h3-6,14H,7-9H2,1-2H3,(H,17,20)(H,18,19). The van der Waals surface area contributed by atoms with Gasteiger partial charge in [-0.2, -0.15) is 5.10 Å². The lowest BCUT2D eigenvalue weighted by atomic mass is 9.88. The van der Waals surface area contributed by atoms with Crippen LogP contribution in [0.2, 0.25) is 0 Å². The summed E-state index contributed by atoms with van der Waals surface area (Å²) < 4.78 is 0. The molecule has 20 heavy (non-hydrogen) atoms. The maximum absolute atomic E-state index is 12.4. The number of aromatic nitrogens is 2. The fourth-order valence-corrected chi connectivity index (χ4v) is 2.96. The summed E-state index contributed by atoms with van der Waals surface area (Å²) in [5, 5.41) is 10.1. The first kappa shape index (κ1) is 12.9. The average molecular weight is 269 g/mol. The lowest BCUT2D eigenvalue weighted by Crippen LogP contribution is -2.39. The molecule has 1 amide bonds. The predicted octanol–water partition coefficient (Wildman–Crippen LogP) is 2.31. The molecule has 0 fully saturated rings. The number of benzene rings is 1. The lowest BCUT2D eigenvalue weighted by Gasteiger charge is -2.25. The summed E-state index contributed by atoms with van der Waals surface area (Å²) in [6.45, 7) is 3.74. The first-order chi connectivity index (χ1) is 9.65. The molecule has 104 valence electrons. The van der Waals surface area contributed by atoms with Crippen molar-refractivity contribution in [2.45, 2.75) is 39.2 Å². The third kappa shape index (κ3) is 2.33. The highest BCUT2D eigenvalue weighted by molar-refractivity contribution is 5.96. The van der Waals surface area contributed by atoms with Gasteiger partial charge >= 0.3 is 0 Å². The van der Waals surface area contributed by atoms with Crippen molar-refractivity contribution >= 4 is 5.91 Å². The molecule has 2 N–H and O–H groups in total. The predicted molar refractivity (Wildman–Crippen MR) is 77.8 cm³/mol. The molecule has 0 bridgehead atoms. The maximum atomic E-state index is 12.4. The van der Waals surface area contributed by atoms with E-state index in [0.717, 1.165) is 30.7 Å². The van der Waals surface area contributed by atoms with Crippen LogP contribution < -0.4 is 5.32 Å². The molecule has 2 aromatic rings.